The second-order valence-corrected chi connectivity index (χ2v) is 5.92. The summed E-state index contributed by atoms with van der Waals surface area (Å²) in [6, 6.07) is 11.8. The van der Waals surface area contributed by atoms with Crippen molar-refractivity contribution in [3.8, 4) is 0 Å². The van der Waals surface area contributed by atoms with E-state index in [1.807, 2.05) is 30.3 Å². The second kappa shape index (κ2) is 7.07. The number of amides is 1. The Labute approximate surface area is 132 Å². The maximum absolute atomic E-state index is 12.4. The fraction of sp³-hybridized carbons (Fsp3) is 0.333. The van der Waals surface area contributed by atoms with Gasteiger partial charge in [0.1, 0.15) is 5.69 Å². The molecule has 0 unspecified atom stereocenters. The molecule has 0 bridgehead atoms. The van der Waals surface area contributed by atoms with Crippen molar-refractivity contribution in [2.75, 3.05) is 10.6 Å². The molecule has 0 aliphatic carbocycles. The molecule has 1 amide bonds. The van der Waals surface area contributed by atoms with Gasteiger partial charge in [-0.2, -0.15) is 0 Å². The van der Waals surface area contributed by atoms with Gasteiger partial charge in [-0.1, -0.05) is 32.0 Å². The topological polar surface area (TPSA) is 54.0 Å². The molecule has 4 nitrogen and oxygen atoms in total. The molecule has 2 rings (SSSR count). The number of carbonyl (C=O) groups excluding carboxylic acids is 1. The molecule has 116 valence electrons. The quantitative estimate of drug-likeness (QED) is 0.866. The molecule has 2 aromatic rings. The maximum Gasteiger partial charge on any atom is 0.274 e. The highest BCUT2D eigenvalue weighted by atomic mass is 16.1. The van der Waals surface area contributed by atoms with E-state index in [2.05, 4.69) is 43.3 Å². The first-order valence-corrected chi connectivity index (χ1v) is 7.60. The lowest BCUT2D eigenvalue weighted by Crippen LogP contribution is -2.16. The van der Waals surface area contributed by atoms with Crippen LogP contribution in [0.2, 0.25) is 0 Å². The fourth-order valence-electron chi connectivity index (χ4n) is 2.28. The summed E-state index contributed by atoms with van der Waals surface area (Å²) in [6.45, 7) is 8.32. The number of nitrogens with zero attached hydrogens (tertiary/aromatic N) is 1. The summed E-state index contributed by atoms with van der Waals surface area (Å²) in [5.74, 6) is 0.152. The molecule has 22 heavy (non-hydrogen) atoms. The lowest BCUT2D eigenvalue weighted by molar-refractivity contribution is 0.102. The van der Waals surface area contributed by atoms with Crippen LogP contribution in [0.1, 0.15) is 49.7 Å². The molecule has 1 aromatic carbocycles. The van der Waals surface area contributed by atoms with Crippen molar-refractivity contribution in [3.63, 3.8) is 0 Å². The van der Waals surface area contributed by atoms with Crippen molar-refractivity contribution in [1.29, 1.82) is 0 Å². The molecule has 0 aliphatic heterocycles. The molecule has 0 saturated heterocycles. The van der Waals surface area contributed by atoms with E-state index >= 15 is 0 Å². The minimum Gasteiger partial charge on any atom is -0.383 e. The molecule has 0 radical (unpaired) electrons. The van der Waals surface area contributed by atoms with Gasteiger partial charge in [0.25, 0.3) is 5.91 Å². The Morgan fingerprint density at radius 3 is 2.50 bits per heavy atom. The van der Waals surface area contributed by atoms with E-state index in [9.17, 15) is 4.79 Å². The Morgan fingerprint density at radius 1 is 1.09 bits per heavy atom. The van der Waals surface area contributed by atoms with Gasteiger partial charge in [-0.3, -0.25) is 9.78 Å². The SMILES string of the molecule is CC(C)Nc1ccnc(C(=O)Nc2ccccc2C(C)C)c1. The van der Waals surface area contributed by atoms with Gasteiger partial charge in [0.2, 0.25) is 0 Å². The molecule has 4 heteroatoms. The van der Waals surface area contributed by atoms with Crippen molar-refractivity contribution in [2.24, 2.45) is 0 Å². The van der Waals surface area contributed by atoms with Crippen LogP contribution in [0.5, 0.6) is 0 Å². The molecule has 0 aliphatic rings. The lowest BCUT2D eigenvalue weighted by Gasteiger charge is -2.14. The maximum atomic E-state index is 12.4. The summed E-state index contributed by atoms with van der Waals surface area (Å²) in [5.41, 5.74) is 3.26. The first-order valence-electron chi connectivity index (χ1n) is 7.60. The molecule has 0 saturated carbocycles. The highest BCUT2D eigenvalue weighted by Gasteiger charge is 2.12. The summed E-state index contributed by atoms with van der Waals surface area (Å²) < 4.78 is 0. The van der Waals surface area contributed by atoms with E-state index in [0.29, 0.717) is 17.7 Å². The van der Waals surface area contributed by atoms with Crippen molar-refractivity contribution in [3.05, 3.63) is 53.9 Å². The van der Waals surface area contributed by atoms with Gasteiger partial charge in [0.15, 0.2) is 0 Å². The molecule has 2 N–H and O–H groups in total. The van der Waals surface area contributed by atoms with Crippen molar-refractivity contribution in [1.82, 2.24) is 4.98 Å². The average molecular weight is 297 g/mol. The van der Waals surface area contributed by atoms with Crippen molar-refractivity contribution in [2.45, 2.75) is 39.7 Å². The van der Waals surface area contributed by atoms with Gasteiger partial charge in [-0.15, -0.1) is 0 Å². The van der Waals surface area contributed by atoms with Gasteiger partial charge in [-0.05, 0) is 43.5 Å². The number of pyridine rings is 1. The highest BCUT2D eigenvalue weighted by molar-refractivity contribution is 6.03. The Hall–Kier alpha value is -2.36. The second-order valence-electron chi connectivity index (χ2n) is 5.92. The normalized spacial score (nSPS) is 10.8. The third-order valence-electron chi connectivity index (χ3n) is 3.28. The lowest BCUT2D eigenvalue weighted by atomic mass is 10.0. The first kappa shape index (κ1) is 16.0. The predicted octanol–water partition coefficient (Wildman–Crippen LogP) is 4.28. The Bertz CT molecular complexity index is 650. The number of para-hydroxylation sites is 1. The van der Waals surface area contributed by atoms with Crippen molar-refractivity contribution >= 4 is 17.3 Å². The molecular formula is C18H23N3O. The molecule has 1 aromatic heterocycles. The van der Waals surface area contributed by atoms with E-state index in [-0.39, 0.29) is 5.91 Å². The van der Waals surface area contributed by atoms with Crippen LogP contribution in [0.4, 0.5) is 11.4 Å². The first-order chi connectivity index (χ1) is 10.5. The Balaban J connectivity index is 2.19. The third-order valence-corrected chi connectivity index (χ3v) is 3.28. The van der Waals surface area contributed by atoms with Crippen LogP contribution >= 0.6 is 0 Å². The average Bonchev–Trinajstić information content (AvgIpc) is 2.47. The zero-order valence-corrected chi connectivity index (χ0v) is 13.6. The largest absolute Gasteiger partial charge is 0.383 e. The molecule has 0 spiro atoms. The van der Waals surface area contributed by atoms with Gasteiger partial charge in [0, 0.05) is 23.6 Å². The minimum atomic E-state index is -0.194. The van der Waals surface area contributed by atoms with Gasteiger partial charge < -0.3 is 10.6 Å². The van der Waals surface area contributed by atoms with E-state index < -0.39 is 0 Å². The number of benzene rings is 1. The van der Waals surface area contributed by atoms with Crippen LogP contribution in [-0.2, 0) is 0 Å². The van der Waals surface area contributed by atoms with Crippen LogP contribution in [-0.4, -0.2) is 16.9 Å². The zero-order chi connectivity index (χ0) is 16.1. The van der Waals surface area contributed by atoms with Crippen LogP contribution in [0, 0.1) is 0 Å². The van der Waals surface area contributed by atoms with Crippen LogP contribution in [0.15, 0.2) is 42.6 Å². The number of nitrogens with one attached hydrogen (secondary N) is 2. The van der Waals surface area contributed by atoms with Crippen LogP contribution in [0.3, 0.4) is 0 Å². The van der Waals surface area contributed by atoms with Gasteiger partial charge in [-0.25, -0.2) is 0 Å². The van der Waals surface area contributed by atoms with Crippen LogP contribution in [0.25, 0.3) is 0 Å². The monoisotopic (exact) mass is 297 g/mol. The number of hydrogen-bond acceptors (Lipinski definition) is 3. The van der Waals surface area contributed by atoms with E-state index in [0.717, 1.165) is 16.9 Å². The van der Waals surface area contributed by atoms with E-state index in [4.69, 9.17) is 0 Å². The highest BCUT2D eigenvalue weighted by Crippen LogP contribution is 2.24. The summed E-state index contributed by atoms with van der Waals surface area (Å²) in [5, 5.41) is 6.23. The van der Waals surface area contributed by atoms with Gasteiger partial charge >= 0.3 is 0 Å². The summed E-state index contributed by atoms with van der Waals surface area (Å²) in [7, 11) is 0. The van der Waals surface area contributed by atoms with Crippen molar-refractivity contribution < 1.29 is 4.79 Å². The summed E-state index contributed by atoms with van der Waals surface area (Å²) in [4.78, 5) is 16.6. The van der Waals surface area contributed by atoms with Crippen LogP contribution < -0.4 is 10.6 Å². The number of rotatable bonds is 5. The van der Waals surface area contributed by atoms with Gasteiger partial charge in [0.05, 0.1) is 0 Å². The number of aromatic nitrogens is 1. The Kier molecular flexibility index (Phi) is 5.15. The molecule has 1 heterocycles. The molecule has 0 atom stereocenters. The third kappa shape index (κ3) is 4.07. The number of carbonyl (C=O) groups is 1. The summed E-state index contributed by atoms with van der Waals surface area (Å²) >= 11 is 0. The minimum absolute atomic E-state index is 0.194. The summed E-state index contributed by atoms with van der Waals surface area (Å²) in [6.07, 6.45) is 1.65. The zero-order valence-electron chi connectivity index (χ0n) is 13.6. The van der Waals surface area contributed by atoms with E-state index in [1.54, 1.807) is 12.3 Å². The molecular weight excluding hydrogens is 274 g/mol. The van der Waals surface area contributed by atoms with E-state index in [1.165, 1.54) is 0 Å². The Morgan fingerprint density at radius 2 is 1.82 bits per heavy atom. The molecule has 0 fully saturated rings. The number of anilines is 2. The number of hydrogen-bond donors (Lipinski definition) is 2. The predicted molar refractivity (Wildman–Crippen MR) is 91.5 cm³/mol. The smallest absolute Gasteiger partial charge is 0.274 e. The fourth-order valence-corrected chi connectivity index (χ4v) is 2.28. The standard InChI is InChI=1S/C18H23N3O/c1-12(2)15-7-5-6-8-16(15)21-18(22)17-11-14(9-10-19-17)20-13(3)4/h5-13H,1-4H3,(H,19,20)(H,21,22).